The van der Waals surface area contributed by atoms with Gasteiger partial charge in [-0.3, -0.25) is 0 Å². The van der Waals surface area contributed by atoms with Crippen LogP contribution < -0.4 is 2.89 Å². The number of aromatic nitrogens is 4. The monoisotopic (exact) mass is 596 g/mol. The van der Waals surface area contributed by atoms with Crippen LogP contribution in [0.15, 0.2) is 55.5 Å². The molecule has 35 heavy (non-hydrogen) atoms. The number of thiazole rings is 1. The molecule has 0 spiro atoms. The molecule has 7 heteroatoms. The van der Waals surface area contributed by atoms with Gasteiger partial charge >= 0.3 is 218 Å². The molecule has 0 bridgehead atoms. The SMILES string of the molecule is CCC[CH2][Sn]([CH2]CCC)([CH2]CCC)[c]1cn2cnc(C(=O)c3cncc(-c4cccnc4)c3)c2s1. The van der Waals surface area contributed by atoms with Gasteiger partial charge in [0.2, 0.25) is 0 Å². The van der Waals surface area contributed by atoms with Gasteiger partial charge in [-0.05, 0) is 0 Å². The van der Waals surface area contributed by atoms with Crippen LogP contribution in [0.25, 0.3) is 16.0 Å². The standard InChI is InChI=1S/C16H9N4OS.3C4H9.Sn/c21-15(14-16-20(10-19-14)4-5-22-16)13-6-12(8-18-9-13)11-2-1-3-17-7-11;3*1-3-4-2;/h1-4,6-10H;3*1,3-4H2,2H3;. The van der Waals surface area contributed by atoms with Crippen LogP contribution in [0.1, 0.15) is 75.3 Å². The molecule has 4 heterocycles. The van der Waals surface area contributed by atoms with Crippen molar-refractivity contribution in [1.29, 1.82) is 0 Å². The van der Waals surface area contributed by atoms with Crippen molar-refractivity contribution in [3.8, 4) is 11.1 Å². The Morgan fingerprint density at radius 2 is 1.63 bits per heavy atom. The number of nitrogens with zero attached hydrogens (tertiary/aromatic N) is 4. The van der Waals surface area contributed by atoms with Gasteiger partial charge in [-0.1, -0.05) is 0 Å². The number of pyridine rings is 2. The number of carbonyl (C=O) groups excluding carboxylic acids is 1. The fourth-order valence-electron chi connectivity index (χ4n) is 4.88. The third kappa shape index (κ3) is 5.85. The van der Waals surface area contributed by atoms with Crippen LogP contribution in [-0.4, -0.2) is 43.5 Å². The van der Waals surface area contributed by atoms with Gasteiger partial charge in [0.05, 0.1) is 0 Å². The van der Waals surface area contributed by atoms with Gasteiger partial charge < -0.3 is 0 Å². The summed E-state index contributed by atoms with van der Waals surface area (Å²) in [6.45, 7) is 6.93. The summed E-state index contributed by atoms with van der Waals surface area (Å²) in [5.41, 5.74) is 2.96. The molecule has 0 N–H and O–H groups in total. The Bertz CT molecular complexity index is 1230. The predicted molar refractivity (Wildman–Crippen MR) is 149 cm³/mol. The number of carbonyl (C=O) groups is 1. The van der Waals surface area contributed by atoms with Crippen LogP contribution in [-0.2, 0) is 0 Å². The first kappa shape index (κ1) is 26.0. The molecule has 0 fully saturated rings. The first-order valence-corrected chi connectivity index (χ1v) is 21.3. The number of ketones is 1. The van der Waals surface area contributed by atoms with Crippen molar-refractivity contribution in [2.45, 2.75) is 72.6 Å². The van der Waals surface area contributed by atoms with Crippen molar-refractivity contribution in [2.24, 2.45) is 0 Å². The van der Waals surface area contributed by atoms with E-state index < -0.39 is 18.4 Å². The van der Waals surface area contributed by atoms with Crippen molar-refractivity contribution in [3.05, 3.63) is 66.8 Å². The van der Waals surface area contributed by atoms with Crippen LogP contribution in [0.4, 0.5) is 0 Å². The Labute approximate surface area is 216 Å². The molecule has 0 atom stereocenters. The van der Waals surface area contributed by atoms with Crippen LogP contribution in [0.3, 0.4) is 0 Å². The Hall–Kier alpha value is -2.06. The number of rotatable bonds is 13. The minimum absolute atomic E-state index is 0.0596. The fourth-order valence-corrected chi connectivity index (χ4v) is 24.9. The maximum atomic E-state index is 13.6. The molecule has 184 valence electrons. The van der Waals surface area contributed by atoms with Gasteiger partial charge in [0.15, 0.2) is 0 Å². The van der Waals surface area contributed by atoms with Gasteiger partial charge in [-0.2, -0.15) is 0 Å². The second-order valence-electron chi connectivity index (χ2n) is 9.53. The molecule has 0 amide bonds. The predicted octanol–water partition coefficient (Wildman–Crippen LogP) is 7.14. The van der Waals surface area contributed by atoms with Crippen molar-refractivity contribution < 1.29 is 4.79 Å². The summed E-state index contributed by atoms with van der Waals surface area (Å²) in [7, 11) is 0. The summed E-state index contributed by atoms with van der Waals surface area (Å²) in [6.07, 6.45) is 18.9. The zero-order valence-corrected chi connectivity index (χ0v) is 24.8. The molecular formula is C28H36N4OSSn. The molecule has 0 saturated carbocycles. The number of fused-ring (bicyclic) bond motifs is 1. The van der Waals surface area contributed by atoms with Crippen LogP contribution in [0.2, 0.25) is 13.3 Å². The molecule has 4 aromatic heterocycles. The van der Waals surface area contributed by atoms with Crippen LogP contribution in [0.5, 0.6) is 0 Å². The van der Waals surface area contributed by atoms with Gasteiger partial charge in [0.25, 0.3) is 0 Å². The molecule has 0 saturated heterocycles. The molecule has 4 rings (SSSR count). The minimum atomic E-state index is -2.56. The molecule has 0 aliphatic rings. The summed E-state index contributed by atoms with van der Waals surface area (Å²) in [5, 5.41) is 0. The van der Waals surface area contributed by atoms with Crippen molar-refractivity contribution in [2.75, 3.05) is 0 Å². The summed E-state index contributed by atoms with van der Waals surface area (Å²) in [5.74, 6) is -0.0596. The summed E-state index contributed by atoms with van der Waals surface area (Å²) in [4.78, 5) is 27.7. The number of imidazole rings is 1. The summed E-state index contributed by atoms with van der Waals surface area (Å²) in [6, 6.07) is 5.77. The van der Waals surface area contributed by atoms with Crippen molar-refractivity contribution in [3.63, 3.8) is 0 Å². The van der Waals surface area contributed by atoms with Gasteiger partial charge in [0.1, 0.15) is 0 Å². The summed E-state index contributed by atoms with van der Waals surface area (Å²) >= 11 is -0.709. The topological polar surface area (TPSA) is 60.2 Å². The van der Waals surface area contributed by atoms with E-state index in [-0.39, 0.29) is 5.78 Å². The van der Waals surface area contributed by atoms with E-state index in [2.05, 4.69) is 46.3 Å². The number of hydrogen-bond donors (Lipinski definition) is 0. The molecule has 0 aliphatic carbocycles. The molecule has 0 aliphatic heterocycles. The van der Waals surface area contributed by atoms with Crippen LogP contribution >= 0.6 is 11.3 Å². The molecular weight excluding hydrogens is 559 g/mol. The van der Waals surface area contributed by atoms with Crippen LogP contribution in [0, 0.1) is 0 Å². The van der Waals surface area contributed by atoms with Gasteiger partial charge in [-0.25, -0.2) is 0 Å². The van der Waals surface area contributed by atoms with E-state index in [1.165, 1.54) is 51.8 Å². The molecule has 0 radical (unpaired) electrons. The Morgan fingerprint density at radius 3 is 2.26 bits per heavy atom. The second-order valence-corrected chi connectivity index (χ2v) is 24.7. The zero-order chi connectivity index (χ0) is 24.7. The van der Waals surface area contributed by atoms with E-state index in [9.17, 15) is 4.79 Å². The van der Waals surface area contributed by atoms with Gasteiger partial charge in [0, 0.05) is 0 Å². The van der Waals surface area contributed by atoms with E-state index in [0.717, 1.165) is 16.0 Å². The summed E-state index contributed by atoms with van der Waals surface area (Å²) < 4.78 is 7.98. The number of hydrogen-bond acceptors (Lipinski definition) is 5. The number of unbranched alkanes of at least 4 members (excludes halogenated alkanes) is 3. The first-order chi connectivity index (χ1) is 17.1. The van der Waals surface area contributed by atoms with E-state index in [0.29, 0.717) is 11.3 Å². The third-order valence-electron chi connectivity index (χ3n) is 6.97. The quantitative estimate of drug-likeness (QED) is 0.122. The average Bonchev–Trinajstić information content (AvgIpc) is 3.50. The first-order valence-electron chi connectivity index (χ1n) is 13.0. The maximum absolute atomic E-state index is 13.6. The van der Waals surface area contributed by atoms with E-state index in [1.54, 1.807) is 27.7 Å². The van der Waals surface area contributed by atoms with E-state index in [4.69, 9.17) is 0 Å². The molecule has 0 aromatic carbocycles. The fraction of sp³-hybridized carbons (Fsp3) is 0.429. The zero-order valence-electron chi connectivity index (χ0n) is 21.2. The Kier molecular flexibility index (Phi) is 9.11. The normalized spacial score (nSPS) is 11.9. The van der Waals surface area contributed by atoms with E-state index in [1.807, 2.05) is 35.9 Å². The average molecular weight is 595 g/mol. The molecule has 0 unspecified atom stereocenters. The Balaban J connectivity index is 1.70. The molecule has 4 aromatic rings. The second kappa shape index (κ2) is 12.3. The molecule has 5 nitrogen and oxygen atoms in total. The van der Waals surface area contributed by atoms with Gasteiger partial charge in [-0.15, -0.1) is 0 Å². The Morgan fingerprint density at radius 1 is 0.943 bits per heavy atom. The third-order valence-corrected chi connectivity index (χ3v) is 26.2. The van der Waals surface area contributed by atoms with Crippen molar-refractivity contribution >= 4 is 43.2 Å². The van der Waals surface area contributed by atoms with Crippen molar-refractivity contribution in [1.82, 2.24) is 19.4 Å². The van der Waals surface area contributed by atoms with E-state index >= 15 is 0 Å².